The summed E-state index contributed by atoms with van der Waals surface area (Å²) in [7, 11) is 1.49. The van der Waals surface area contributed by atoms with Crippen LogP contribution in [0.4, 0.5) is 4.39 Å². The Balaban J connectivity index is 1.75. The molecule has 5 nitrogen and oxygen atoms in total. The van der Waals surface area contributed by atoms with Gasteiger partial charge in [0, 0.05) is 6.42 Å². The molecule has 6 heteroatoms. The number of hydrogen-bond acceptors (Lipinski definition) is 4. The Labute approximate surface area is 135 Å². The Hall–Kier alpha value is -1.66. The Morgan fingerprint density at radius 3 is 2.87 bits per heavy atom. The number of halogens is 1. The maximum atomic E-state index is 14.1. The van der Waals surface area contributed by atoms with E-state index >= 15 is 0 Å². The van der Waals surface area contributed by atoms with Gasteiger partial charge in [-0.25, -0.2) is 4.39 Å². The highest BCUT2D eigenvalue weighted by Crippen LogP contribution is 2.42. The van der Waals surface area contributed by atoms with Gasteiger partial charge in [0.05, 0.1) is 37.8 Å². The van der Waals surface area contributed by atoms with Crippen LogP contribution in [0.2, 0.25) is 0 Å². The highest BCUT2D eigenvalue weighted by Gasteiger charge is 2.51. The molecule has 1 aromatic rings. The Morgan fingerprint density at radius 1 is 1.43 bits per heavy atom. The van der Waals surface area contributed by atoms with Crippen LogP contribution in [0.25, 0.3) is 0 Å². The molecule has 1 amide bonds. The summed E-state index contributed by atoms with van der Waals surface area (Å²) < 4.78 is 30.8. The van der Waals surface area contributed by atoms with E-state index < -0.39 is 17.6 Å². The Morgan fingerprint density at radius 2 is 2.17 bits per heavy atom. The van der Waals surface area contributed by atoms with Crippen LogP contribution in [0.3, 0.4) is 0 Å². The van der Waals surface area contributed by atoms with Crippen LogP contribution in [0.15, 0.2) is 18.2 Å². The van der Waals surface area contributed by atoms with Crippen molar-refractivity contribution < 1.29 is 23.4 Å². The molecule has 1 heterocycles. The Kier molecular flexibility index (Phi) is 4.55. The van der Waals surface area contributed by atoms with E-state index in [1.165, 1.54) is 13.2 Å². The molecule has 2 aliphatic rings. The minimum absolute atomic E-state index is 0.165. The summed E-state index contributed by atoms with van der Waals surface area (Å²) in [4.78, 5) is 12.7. The highest BCUT2D eigenvalue weighted by atomic mass is 19.1. The molecule has 0 radical (unpaired) electrons. The quantitative estimate of drug-likeness (QED) is 0.925. The number of ether oxygens (including phenoxy) is 3. The normalized spacial score (nSPS) is 23.9. The second-order valence-electron chi connectivity index (χ2n) is 6.04. The lowest BCUT2D eigenvalue weighted by molar-refractivity contribution is -0.186. The number of methoxy groups -OCH3 is 1. The second kappa shape index (κ2) is 6.45. The number of amides is 1. The zero-order chi connectivity index (χ0) is 16.4. The molecule has 23 heavy (non-hydrogen) atoms. The van der Waals surface area contributed by atoms with Crippen LogP contribution in [0.1, 0.15) is 37.8 Å². The molecule has 0 aromatic heterocycles. The van der Waals surface area contributed by atoms with E-state index in [1.807, 2.05) is 0 Å². The third-order valence-corrected chi connectivity index (χ3v) is 4.67. The van der Waals surface area contributed by atoms with E-state index in [2.05, 4.69) is 5.32 Å². The molecule has 1 saturated heterocycles. The van der Waals surface area contributed by atoms with Gasteiger partial charge in [-0.05, 0) is 31.9 Å². The van der Waals surface area contributed by atoms with Crippen LogP contribution < -0.4 is 10.1 Å². The average molecular weight is 323 g/mol. The zero-order valence-corrected chi connectivity index (χ0v) is 13.4. The smallest absolute Gasteiger partial charge is 0.229 e. The maximum absolute atomic E-state index is 14.1. The van der Waals surface area contributed by atoms with Crippen molar-refractivity contribution in [1.29, 1.82) is 0 Å². The van der Waals surface area contributed by atoms with Crippen molar-refractivity contribution in [2.45, 2.75) is 38.0 Å². The number of benzene rings is 1. The molecule has 1 spiro atoms. The lowest BCUT2D eigenvalue weighted by Crippen LogP contribution is -2.45. The van der Waals surface area contributed by atoms with Gasteiger partial charge < -0.3 is 19.5 Å². The van der Waals surface area contributed by atoms with Crippen molar-refractivity contribution in [3.8, 4) is 5.75 Å². The van der Waals surface area contributed by atoms with Gasteiger partial charge in [0.15, 0.2) is 5.79 Å². The molecule has 2 atom stereocenters. The molecule has 126 valence electrons. The predicted molar refractivity (Wildman–Crippen MR) is 81.5 cm³/mol. The summed E-state index contributed by atoms with van der Waals surface area (Å²) in [5, 5.41) is 2.89. The number of rotatable bonds is 4. The summed E-state index contributed by atoms with van der Waals surface area (Å²) >= 11 is 0. The van der Waals surface area contributed by atoms with Crippen LogP contribution in [0.5, 0.6) is 5.75 Å². The minimum atomic E-state index is -0.789. The summed E-state index contributed by atoms with van der Waals surface area (Å²) in [6.07, 6.45) is 2.32. The van der Waals surface area contributed by atoms with Crippen molar-refractivity contribution in [2.75, 3.05) is 20.3 Å². The predicted octanol–water partition coefficient (Wildman–Crippen LogP) is 2.55. The monoisotopic (exact) mass is 323 g/mol. The largest absolute Gasteiger partial charge is 0.496 e. The van der Waals surface area contributed by atoms with E-state index in [1.54, 1.807) is 19.1 Å². The lowest BCUT2D eigenvalue weighted by atomic mass is 9.99. The van der Waals surface area contributed by atoms with Crippen LogP contribution in [-0.4, -0.2) is 32.0 Å². The van der Waals surface area contributed by atoms with E-state index in [9.17, 15) is 9.18 Å². The summed E-state index contributed by atoms with van der Waals surface area (Å²) in [6, 6.07) is 4.12. The average Bonchev–Trinajstić information content (AvgIpc) is 3.17. The SMILES string of the molecule is COc1cccc(F)c1[C@@H](C)NC(=O)[C@@H]1CCCC12OCCO2. The lowest BCUT2D eigenvalue weighted by Gasteiger charge is -2.29. The fourth-order valence-electron chi connectivity index (χ4n) is 3.60. The number of carbonyl (C=O) groups is 1. The molecule has 1 aromatic carbocycles. The highest BCUT2D eigenvalue weighted by molar-refractivity contribution is 5.80. The summed E-state index contributed by atoms with van der Waals surface area (Å²) in [5.41, 5.74) is 0.351. The molecular formula is C17H22FNO4. The molecule has 0 bridgehead atoms. The van der Waals surface area contributed by atoms with Crippen molar-refractivity contribution in [3.05, 3.63) is 29.6 Å². The van der Waals surface area contributed by atoms with Gasteiger partial charge in [0.1, 0.15) is 11.6 Å². The minimum Gasteiger partial charge on any atom is -0.496 e. The molecular weight excluding hydrogens is 301 g/mol. The first-order chi connectivity index (χ1) is 11.1. The van der Waals surface area contributed by atoms with Gasteiger partial charge in [-0.2, -0.15) is 0 Å². The second-order valence-corrected chi connectivity index (χ2v) is 6.04. The third kappa shape index (κ3) is 2.93. The fraction of sp³-hybridized carbons (Fsp3) is 0.588. The first-order valence-corrected chi connectivity index (χ1v) is 7.98. The van der Waals surface area contributed by atoms with Gasteiger partial charge in [0.25, 0.3) is 0 Å². The van der Waals surface area contributed by atoms with Crippen molar-refractivity contribution in [3.63, 3.8) is 0 Å². The molecule has 1 N–H and O–H groups in total. The summed E-state index contributed by atoms with van der Waals surface area (Å²) in [6.45, 7) is 2.78. The molecule has 1 aliphatic heterocycles. The number of hydrogen-bond donors (Lipinski definition) is 1. The van der Waals surface area contributed by atoms with Gasteiger partial charge in [-0.3, -0.25) is 4.79 Å². The molecule has 2 fully saturated rings. The molecule has 0 unspecified atom stereocenters. The zero-order valence-electron chi connectivity index (χ0n) is 13.4. The summed E-state index contributed by atoms with van der Waals surface area (Å²) in [5.74, 6) is -1.28. The van der Waals surface area contributed by atoms with E-state index in [0.29, 0.717) is 30.9 Å². The van der Waals surface area contributed by atoms with E-state index in [0.717, 1.165) is 12.8 Å². The maximum Gasteiger partial charge on any atom is 0.229 e. The fourth-order valence-corrected chi connectivity index (χ4v) is 3.60. The van der Waals surface area contributed by atoms with Crippen LogP contribution >= 0.6 is 0 Å². The Bertz CT molecular complexity index is 580. The van der Waals surface area contributed by atoms with E-state index in [4.69, 9.17) is 14.2 Å². The van der Waals surface area contributed by atoms with E-state index in [-0.39, 0.29) is 11.8 Å². The first-order valence-electron chi connectivity index (χ1n) is 7.98. The van der Waals surface area contributed by atoms with Gasteiger partial charge >= 0.3 is 0 Å². The van der Waals surface area contributed by atoms with Gasteiger partial charge in [-0.15, -0.1) is 0 Å². The van der Waals surface area contributed by atoms with Gasteiger partial charge in [0.2, 0.25) is 5.91 Å². The van der Waals surface area contributed by atoms with Crippen molar-refractivity contribution >= 4 is 5.91 Å². The van der Waals surface area contributed by atoms with Gasteiger partial charge in [-0.1, -0.05) is 6.07 Å². The topological polar surface area (TPSA) is 56.8 Å². The number of nitrogens with one attached hydrogen (secondary N) is 1. The molecule has 1 saturated carbocycles. The van der Waals surface area contributed by atoms with Crippen molar-refractivity contribution in [1.82, 2.24) is 5.32 Å². The first kappa shape index (κ1) is 16.2. The third-order valence-electron chi connectivity index (χ3n) is 4.67. The number of carbonyl (C=O) groups excluding carboxylic acids is 1. The van der Waals surface area contributed by atoms with Crippen molar-refractivity contribution in [2.24, 2.45) is 5.92 Å². The molecule has 1 aliphatic carbocycles. The van der Waals surface area contributed by atoms with Crippen LogP contribution in [0, 0.1) is 11.7 Å². The van der Waals surface area contributed by atoms with Crippen LogP contribution in [-0.2, 0) is 14.3 Å². The standard InChI is InChI=1S/C17H22FNO4/c1-11(15-13(18)6-3-7-14(15)21-2)19-16(20)12-5-4-8-17(12)22-9-10-23-17/h3,6-7,11-12H,4-5,8-10H2,1-2H3,(H,19,20)/t11-,12+/m1/s1. The molecule has 3 rings (SSSR count).